The molecule has 0 amide bonds. The van der Waals surface area contributed by atoms with E-state index < -0.39 is 0 Å². The van der Waals surface area contributed by atoms with Crippen molar-refractivity contribution < 1.29 is 4.39 Å². The molecule has 101 valence electrons. The number of H-pyrrole nitrogens is 2. The van der Waals surface area contributed by atoms with Gasteiger partial charge in [0, 0.05) is 16.5 Å². The van der Waals surface area contributed by atoms with Gasteiger partial charge in [0.05, 0.1) is 5.52 Å². The first kappa shape index (κ1) is 11.8. The quantitative estimate of drug-likeness (QED) is 0.592. The van der Waals surface area contributed by atoms with Crippen LogP contribution in [-0.2, 0) is 0 Å². The topological polar surface area (TPSA) is 70.2 Å². The summed E-state index contributed by atoms with van der Waals surface area (Å²) in [4.78, 5) is 2.84. The number of fused-ring (bicyclic) bond motifs is 1. The lowest BCUT2D eigenvalue weighted by Crippen LogP contribution is -1.83. The van der Waals surface area contributed by atoms with Crippen molar-refractivity contribution in [1.29, 1.82) is 0 Å². The molecule has 0 aliphatic heterocycles. The summed E-state index contributed by atoms with van der Waals surface area (Å²) in [6.45, 7) is 0. The lowest BCUT2D eigenvalue weighted by atomic mass is 10.1. The number of hydrogen-bond donors (Lipinski definition) is 2. The van der Waals surface area contributed by atoms with Crippen molar-refractivity contribution >= 4 is 10.9 Å². The van der Waals surface area contributed by atoms with Crippen LogP contribution in [0.15, 0.2) is 42.5 Å². The van der Waals surface area contributed by atoms with Crippen LogP contribution in [0, 0.1) is 12.1 Å². The van der Waals surface area contributed by atoms with E-state index in [4.69, 9.17) is 0 Å². The van der Waals surface area contributed by atoms with Gasteiger partial charge in [-0.3, -0.25) is 5.10 Å². The SMILES string of the molecule is Fc1cccc(-c2n[nH]c3ccc(-c4nn[c][nH]4)cc23)c1. The van der Waals surface area contributed by atoms with E-state index in [9.17, 15) is 4.39 Å². The maximum absolute atomic E-state index is 13.4. The molecule has 4 rings (SSSR count). The largest absolute Gasteiger partial charge is 0.318 e. The Morgan fingerprint density at radius 2 is 2.00 bits per heavy atom. The zero-order valence-corrected chi connectivity index (χ0v) is 10.8. The number of benzene rings is 2. The summed E-state index contributed by atoms with van der Waals surface area (Å²) < 4.78 is 13.4. The second-order valence-corrected chi connectivity index (χ2v) is 4.63. The van der Waals surface area contributed by atoms with E-state index in [-0.39, 0.29) is 5.82 Å². The minimum absolute atomic E-state index is 0.287. The fourth-order valence-electron chi connectivity index (χ4n) is 2.33. The molecule has 0 aliphatic rings. The molecule has 5 nitrogen and oxygen atoms in total. The van der Waals surface area contributed by atoms with Crippen molar-refractivity contribution in [3.63, 3.8) is 0 Å². The molecule has 1 radical (unpaired) electrons. The van der Waals surface area contributed by atoms with E-state index in [1.165, 1.54) is 12.1 Å². The average molecular weight is 278 g/mol. The highest BCUT2D eigenvalue weighted by Crippen LogP contribution is 2.29. The van der Waals surface area contributed by atoms with E-state index >= 15 is 0 Å². The first-order valence-corrected chi connectivity index (χ1v) is 6.34. The minimum Gasteiger partial charge on any atom is -0.318 e. The number of rotatable bonds is 2. The van der Waals surface area contributed by atoms with Crippen LogP contribution in [0.5, 0.6) is 0 Å². The summed E-state index contributed by atoms with van der Waals surface area (Å²) in [5.74, 6) is 0.341. The van der Waals surface area contributed by atoms with Crippen LogP contribution >= 0.6 is 0 Å². The highest BCUT2D eigenvalue weighted by Gasteiger charge is 2.11. The van der Waals surface area contributed by atoms with Gasteiger partial charge in [0.15, 0.2) is 12.2 Å². The maximum Gasteiger partial charge on any atom is 0.199 e. The van der Waals surface area contributed by atoms with E-state index in [0.717, 1.165) is 22.0 Å². The first-order valence-electron chi connectivity index (χ1n) is 6.34. The lowest BCUT2D eigenvalue weighted by molar-refractivity contribution is 0.628. The molecule has 0 atom stereocenters. The smallest absolute Gasteiger partial charge is 0.199 e. The van der Waals surface area contributed by atoms with Crippen LogP contribution in [0.4, 0.5) is 4.39 Å². The van der Waals surface area contributed by atoms with Crippen molar-refractivity contribution in [2.45, 2.75) is 0 Å². The Hall–Kier alpha value is -3.02. The average Bonchev–Trinajstić information content (AvgIpc) is 3.16. The van der Waals surface area contributed by atoms with Crippen LogP contribution in [0.2, 0.25) is 0 Å². The summed E-state index contributed by atoms with van der Waals surface area (Å²) in [6, 6.07) is 12.1. The third-order valence-corrected chi connectivity index (χ3v) is 3.31. The Bertz CT molecular complexity index is 911. The van der Waals surface area contributed by atoms with Gasteiger partial charge in [0.2, 0.25) is 0 Å². The third-order valence-electron chi connectivity index (χ3n) is 3.31. The molecular formula is C15H9FN5. The number of hydrogen-bond acceptors (Lipinski definition) is 3. The fourth-order valence-corrected chi connectivity index (χ4v) is 2.33. The van der Waals surface area contributed by atoms with Gasteiger partial charge in [-0.15, -0.1) is 10.2 Å². The van der Waals surface area contributed by atoms with Gasteiger partial charge in [-0.2, -0.15) is 5.10 Å². The van der Waals surface area contributed by atoms with Crippen molar-refractivity contribution in [1.82, 2.24) is 25.4 Å². The van der Waals surface area contributed by atoms with Crippen molar-refractivity contribution in [3.05, 3.63) is 54.6 Å². The third kappa shape index (κ3) is 1.97. The molecule has 0 fully saturated rings. The molecule has 6 heteroatoms. The molecule has 2 heterocycles. The van der Waals surface area contributed by atoms with Gasteiger partial charge in [-0.25, -0.2) is 4.39 Å². The van der Waals surface area contributed by atoms with Gasteiger partial charge in [0.25, 0.3) is 0 Å². The van der Waals surface area contributed by atoms with E-state index in [0.29, 0.717) is 11.5 Å². The Kier molecular flexibility index (Phi) is 2.53. The normalized spacial score (nSPS) is 11.1. The van der Waals surface area contributed by atoms with E-state index in [1.807, 2.05) is 24.3 Å². The summed E-state index contributed by atoms with van der Waals surface area (Å²) in [5, 5.41) is 15.7. The number of halogens is 1. The van der Waals surface area contributed by atoms with Crippen molar-refractivity contribution in [2.24, 2.45) is 0 Å². The van der Waals surface area contributed by atoms with E-state index in [2.05, 4.69) is 31.7 Å². The molecule has 0 saturated carbocycles. The molecule has 2 aromatic heterocycles. The second-order valence-electron chi connectivity index (χ2n) is 4.63. The summed E-state index contributed by atoms with van der Waals surface area (Å²) >= 11 is 0. The Labute approximate surface area is 118 Å². The zero-order chi connectivity index (χ0) is 14.2. The van der Waals surface area contributed by atoms with Crippen LogP contribution in [0.3, 0.4) is 0 Å². The van der Waals surface area contributed by atoms with Gasteiger partial charge in [0.1, 0.15) is 11.5 Å². The first-order chi connectivity index (χ1) is 10.3. The molecule has 0 bridgehead atoms. The predicted octanol–water partition coefficient (Wildman–Crippen LogP) is 2.95. The van der Waals surface area contributed by atoms with Gasteiger partial charge >= 0.3 is 0 Å². The van der Waals surface area contributed by atoms with Crippen LogP contribution in [-0.4, -0.2) is 25.4 Å². The second kappa shape index (κ2) is 4.52. The van der Waals surface area contributed by atoms with Crippen molar-refractivity contribution in [2.75, 3.05) is 0 Å². The Balaban J connectivity index is 1.92. The molecule has 2 N–H and O–H groups in total. The molecule has 21 heavy (non-hydrogen) atoms. The van der Waals surface area contributed by atoms with Crippen LogP contribution in [0.1, 0.15) is 0 Å². The highest BCUT2D eigenvalue weighted by molar-refractivity contribution is 5.95. The zero-order valence-electron chi connectivity index (χ0n) is 10.8. The van der Waals surface area contributed by atoms with Gasteiger partial charge in [-0.1, -0.05) is 12.1 Å². The Morgan fingerprint density at radius 1 is 1.05 bits per heavy atom. The maximum atomic E-state index is 13.4. The monoisotopic (exact) mass is 278 g/mol. The Morgan fingerprint density at radius 3 is 2.81 bits per heavy atom. The molecule has 4 aromatic rings. The van der Waals surface area contributed by atoms with Crippen LogP contribution < -0.4 is 0 Å². The van der Waals surface area contributed by atoms with Gasteiger partial charge in [-0.05, 0) is 30.3 Å². The number of nitrogens with one attached hydrogen (secondary N) is 2. The summed E-state index contributed by atoms with van der Waals surface area (Å²) in [7, 11) is 0. The molecule has 2 aromatic carbocycles. The standard InChI is InChI=1S/C15H9FN5/c16-11-3-1-2-9(6-11)14-12-7-10(15-17-8-18-21-15)4-5-13(12)19-20-14/h1-7H,(H,19,20)(H,17,18,21). The van der Waals surface area contributed by atoms with Gasteiger partial charge < -0.3 is 4.98 Å². The van der Waals surface area contributed by atoms with E-state index in [1.54, 1.807) is 6.07 Å². The number of aromatic nitrogens is 5. The summed E-state index contributed by atoms with van der Waals surface area (Å²) in [6.07, 6.45) is 2.56. The molecular weight excluding hydrogens is 269 g/mol. The minimum atomic E-state index is -0.287. The molecule has 0 unspecified atom stereocenters. The number of aromatic amines is 2. The van der Waals surface area contributed by atoms with Crippen LogP contribution in [0.25, 0.3) is 33.5 Å². The highest BCUT2D eigenvalue weighted by atomic mass is 19.1. The number of nitrogens with zero attached hydrogens (tertiary/aromatic N) is 3. The summed E-state index contributed by atoms with van der Waals surface area (Å²) in [5.41, 5.74) is 3.18. The van der Waals surface area contributed by atoms with Crippen molar-refractivity contribution in [3.8, 4) is 22.6 Å². The lowest BCUT2D eigenvalue weighted by Gasteiger charge is -2.00. The molecule has 0 aliphatic carbocycles. The fraction of sp³-hybridized carbons (Fsp3) is 0. The molecule has 0 spiro atoms. The predicted molar refractivity (Wildman–Crippen MR) is 75.7 cm³/mol. The molecule has 0 saturated heterocycles.